The lowest BCUT2D eigenvalue weighted by atomic mass is 10.2. The first-order valence-electron chi connectivity index (χ1n) is 5.89. The Labute approximate surface area is 131 Å². The van der Waals surface area contributed by atoms with Crippen LogP contribution in [0.2, 0.25) is 5.02 Å². The van der Waals surface area contributed by atoms with Crippen LogP contribution in [0.1, 0.15) is 17.1 Å². The Bertz CT molecular complexity index is 783. The second-order valence-corrected chi connectivity index (χ2v) is 5.63. The first kappa shape index (κ1) is 15.5. The molecule has 0 unspecified atom stereocenters. The van der Waals surface area contributed by atoms with Crippen molar-refractivity contribution >= 4 is 44.6 Å². The van der Waals surface area contributed by atoms with E-state index in [2.05, 4.69) is 5.32 Å². The highest BCUT2D eigenvalue weighted by atomic mass is 35.5. The van der Waals surface area contributed by atoms with Gasteiger partial charge in [-0.25, -0.2) is 4.39 Å². The summed E-state index contributed by atoms with van der Waals surface area (Å²) in [6.45, 7) is 0. The number of fused-ring (bicyclic) bond motifs is 1. The summed E-state index contributed by atoms with van der Waals surface area (Å²) in [5, 5.41) is 4.02. The summed E-state index contributed by atoms with van der Waals surface area (Å²) in [6, 6.07) is 13.2. The van der Waals surface area contributed by atoms with Gasteiger partial charge < -0.3 is 5.32 Å². The summed E-state index contributed by atoms with van der Waals surface area (Å²) in [5.74, 6) is -0.634. The lowest BCUT2D eigenvalue weighted by Crippen LogP contribution is -2.10. The molecule has 0 saturated carbocycles. The number of carbonyl (C=O) groups excluding carboxylic acids is 1. The Hall–Kier alpha value is -1.91. The molecule has 0 fully saturated rings. The van der Waals surface area contributed by atoms with E-state index in [1.54, 1.807) is 0 Å². The average Bonchev–Trinajstić information content (AvgIpc) is 2.79. The van der Waals surface area contributed by atoms with Crippen LogP contribution in [-0.4, -0.2) is 5.91 Å². The number of anilines is 1. The number of halogens is 2. The molecular weight excluding hydrogens is 309 g/mol. The van der Waals surface area contributed by atoms with Crippen molar-refractivity contribution in [2.45, 2.75) is 7.43 Å². The quantitative estimate of drug-likeness (QED) is 0.655. The molecule has 21 heavy (non-hydrogen) atoms. The summed E-state index contributed by atoms with van der Waals surface area (Å²) < 4.78 is 13.8. The van der Waals surface area contributed by atoms with Crippen LogP contribution in [0.25, 0.3) is 10.1 Å². The number of rotatable bonds is 2. The van der Waals surface area contributed by atoms with Crippen molar-refractivity contribution in [3.05, 3.63) is 64.2 Å². The van der Waals surface area contributed by atoms with E-state index in [4.69, 9.17) is 11.6 Å². The van der Waals surface area contributed by atoms with Crippen molar-refractivity contribution in [2.75, 3.05) is 5.32 Å². The summed E-state index contributed by atoms with van der Waals surface area (Å²) in [5.41, 5.74) is 0.532. The van der Waals surface area contributed by atoms with Gasteiger partial charge in [0.2, 0.25) is 0 Å². The zero-order valence-corrected chi connectivity index (χ0v) is 11.8. The molecule has 3 aromatic rings. The Morgan fingerprint density at radius 2 is 1.76 bits per heavy atom. The molecule has 108 valence electrons. The fourth-order valence-corrected chi connectivity index (χ4v) is 3.29. The molecule has 0 aliphatic heterocycles. The van der Waals surface area contributed by atoms with Crippen molar-refractivity contribution in [3.8, 4) is 0 Å². The zero-order chi connectivity index (χ0) is 14.1. The molecule has 1 N–H and O–H groups in total. The van der Waals surface area contributed by atoms with Crippen LogP contribution in [0.4, 0.5) is 10.1 Å². The third-order valence-electron chi connectivity index (χ3n) is 2.84. The second-order valence-electron chi connectivity index (χ2n) is 4.20. The Kier molecular flexibility index (Phi) is 4.60. The van der Waals surface area contributed by atoms with E-state index < -0.39 is 0 Å². The molecular formula is C16H13ClFNOS. The maximum absolute atomic E-state index is 12.8. The molecule has 0 saturated heterocycles. The molecule has 2 aromatic carbocycles. The van der Waals surface area contributed by atoms with E-state index in [9.17, 15) is 9.18 Å². The van der Waals surface area contributed by atoms with Crippen molar-refractivity contribution in [3.63, 3.8) is 0 Å². The fourth-order valence-electron chi connectivity index (χ4n) is 1.88. The molecule has 1 amide bonds. The molecule has 0 bridgehead atoms. The van der Waals surface area contributed by atoms with Crippen LogP contribution in [-0.2, 0) is 0 Å². The van der Waals surface area contributed by atoms with E-state index in [-0.39, 0.29) is 19.2 Å². The molecule has 1 aromatic heterocycles. The molecule has 0 radical (unpaired) electrons. The van der Waals surface area contributed by atoms with Gasteiger partial charge in [0.1, 0.15) is 10.7 Å². The summed E-state index contributed by atoms with van der Waals surface area (Å²) in [6.07, 6.45) is 0. The van der Waals surface area contributed by atoms with E-state index in [1.165, 1.54) is 35.6 Å². The number of hydrogen-bond acceptors (Lipinski definition) is 2. The summed E-state index contributed by atoms with van der Waals surface area (Å²) in [4.78, 5) is 12.7. The number of benzene rings is 2. The van der Waals surface area contributed by atoms with Crippen molar-refractivity contribution in [2.24, 2.45) is 0 Å². The molecule has 0 aliphatic rings. The predicted molar refractivity (Wildman–Crippen MR) is 87.9 cm³/mol. The lowest BCUT2D eigenvalue weighted by Gasteiger charge is -2.03. The van der Waals surface area contributed by atoms with Crippen LogP contribution in [0.5, 0.6) is 0 Å². The van der Waals surface area contributed by atoms with Gasteiger partial charge in [-0.05, 0) is 30.3 Å². The third kappa shape index (κ3) is 3.06. The molecule has 5 heteroatoms. The van der Waals surface area contributed by atoms with Crippen LogP contribution >= 0.6 is 22.9 Å². The van der Waals surface area contributed by atoms with Crippen molar-refractivity contribution in [1.82, 2.24) is 0 Å². The van der Waals surface area contributed by atoms with Crippen LogP contribution in [0.3, 0.4) is 0 Å². The maximum atomic E-state index is 12.8. The third-order valence-corrected chi connectivity index (χ3v) is 4.52. The van der Waals surface area contributed by atoms with Gasteiger partial charge in [-0.2, -0.15) is 0 Å². The van der Waals surface area contributed by atoms with Crippen molar-refractivity contribution in [1.29, 1.82) is 0 Å². The molecule has 3 rings (SSSR count). The van der Waals surface area contributed by atoms with Gasteiger partial charge >= 0.3 is 0 Å². The lowest BCUT2D eigenvalue weighted by molar-refractivity contribution is 0.103. The first-order valence-corrected chi connectivity index (χ1v) is 7.08. The van der Waals surface area contributed by atoms with Gasteiger partial charge in [0.15, 0.2) is 0 Å². The van der Waals surface area contributed by atoms with E-state index in [0.717, 1.165) is 10.1 Å². The minimum absolute atomic E-state index is 0. The highest BCUT2D eigenvalue weighted by Crippen LogP contribution is 2.35. The van der Waals surface area contributed by atoms with E-state index >= 15 is 0 Å². The molecule has 0 aliphatic carbocycles. The van der Waals surface area contributed by atoms with Gasteiger partial charge in [-0.15, -0.1) is 11.3 Å². The summed E-state index contributed by atoms with van der Waals surface area (Å²) in [7, 11) is 0. The molecule has 1 heterocycles. The Balaban J connectivity index is 0.00000161. The van der Waals surface area contributed by atoms with Crippen molar-refractivity contribution < 1.29 is 9.18 Å². The number of amides is 1. The highest BCUT2D eigenvalue weighted by molar-refractivity contribution is 7.21. The predicted octanol–water partition coefficient (Wildman–Crippen LogP) is 5.58. The monoisotopic (exact) mass is 321 g/mol. The van der Waals surface area contributed by atoms with Gasteiger partial charge in [-0.1, -0.05) is 37.2 Å². The van der Waals surface area contributed by atoms with E-state index in [1.807, 2.05) is 24.3 Å². The Morgan fingerprint density at radius 1 is 1.10 bits per heavy atom. The highest BCUT2D eigenvalue weighted by Gasteiger charge is 2.16. The number of nitrogens with one attached hydrogen (secondary N) is 1. The van der Waals surface area contributed by atoms with Gasteiger partial charge in [0, 0.05) is 15.8 Å². The average molecular weight is 322 g/mol. The first-order chi connectivity index (χ1) is 9.65. The minimum Gasteiger partial charge on any atom is -0.321 e. The van der Waals surface area contributed by atoms with Crippen LogP contribution < -0.4 is 5.32 Å². The molecule has 0 spiro atoms. The standard InChI is InChI=1S/C15H9ClFNOS.CH4/c16-13-11-3-1-2-4-12(11)20-14(13)15(19)18-10-7-5-9(17)6-8-10;/h1-8H,(H,18,19);1H4. The number of carbonyl (C=O) groups is 1. The van der Waals surface area contributed by atoms with Gasteiger partial charge in [-0.3, -0.25) is 4.79 Å². The van der Waals surface area contributed by atoms with Gasteiger partial charge in [0.25, 0.3) is 5.91 Å². The normalized spacial score (nSPS) is 10.2. The SMILES string of the molecule is C.O=C(Nc1ccc(F)cc1)c1sc2ccccc2c1Cl. The number of hydrogen-bond donors (Lipinski definition) is 1. The van der Waals surface area contributed by atoms with Crippen LogP contribution in [0, 0.1) is 5.82 Å². The minimum atomic E-state index is -0.345. The fraction of sp³-hybridized carbons (Fsp3) is 0.0625. The van der Waals surface area contributed by atoms with Gasteiger partial charge in [0.05, 0.1) is 5.02 Å². The zero-order valence-electron chi connectivity index (χ0n) is 10.2. The topological polar surface area (TPSA) is 29.1 Å². The molecule has 0 atom stereocenters. The van der Waals surface area contributed by atoms with E-state index in [0.29, 0.717) is 15.6 Å². The number of thiophene rings is 1. The maximum Gasteiger partial charge on any atom is 0.267 e. The van der Waals surface area contributed by atoms with Crippen LogP contribution in [0.15, 0.2) is 48.5 Å². The second kappa shape index (κ2) is 6.24. The molecule has 2 nitrogen and oxygen atoms in total. The summed E-state index contributed by atoms with van der Waals surface area (Å²) >= 11 is 7.57. The Morgan fingerprint density at radius 3 is 2.43 bits per heavy atom. The largest absolute Gasteiger partial charge is 0.321 e. The smallest absolute Gasteiger partial charge is 0.267 e.